The molecule has 0 saturated carbocycles. The molecule has 0 saturated heterocycles. The highest BCUT2D eigenvalue weighted by molar-refractivity contribution is 8.34. The lowest BCUT2D eigenvalue weighted by Gasteiger charge is -2.41. The first-order chi connectivity index (χ1) is 26.8. The predicted molar refractivity (Wildman–Crippen MR) is 266 cm³/mol. The van der Waals surface area contributed by atoms with E-state index < -0.39 is 20.1 Å². The molecular weight excluding hydrogens is 719 g/mol. The highest BCUT2D eigenvalue weighted by Crippen LogP contribution is 2.52. The van der Waals surface area contributed by atoms with Crippen LogP contribution in [0, 0.1) is 0 Å². The maximum atomic E-state index is 5.69. The Morgan fingerprint density at radius 2 is 1.00 bits per heavy atom. The summed E-state index contributed by atoms with van der Waals surface area (Å²) in [7, 11) is -1.94. The maximum Gasteiger partial charge on any atom is 0.0860 e. The second-order valence-corrected chi connectivity index (χ2v) is 24.3. The lowest BCUT2D eigenvalue weighted by atomic mass is 10.1. The Labute approximate surface area is 351 Å². The summed E-state index contributed by atoms with van der Waals surface area (Å²) < 4.78 is 0. The lowest BCUT2D eigenvalue weighted by molar-refractivity contribution is 0.847. The molecule has 5 heteroatoms. The molecule has 0 spiro atoms. The van der Waals surface area contributed by atoms with E-state index in [1.54, 1.807) is 0 Å². The molecule has 1 rings (SSSR count). The van der Waals surface area contributed by atoms with E-state index in [4.69, 9.17) is 15.0 Å². The minimum atomic E-state index is -0.972. The molecular formula is C51H87N3S2. The standard InChI is InChI=1S/C51H87N3S2/c1-15-23-34-55(35-24-16-2,36-25-17-3)40-48(53-50(42(9)10)44(13)30-21-7)46-32-29-33-47(52-46)49(54-51(43(11)12)45(14)31-22-8)41-56(37-26-18-4,38-27-19-5)39-28-20-6/h21-22,29-33H,7,11,15-20,23-28,34-41H2,1-6,8-10,12-14H3/b31-22-,44-30-,51-45+,53-48?,54-49?. The van der Waals surface area contributed by atoms with Crippen molar-refractivity contribution in [2.24, 2.45) is 9.98 Å². The summed E-state index contributed by atoms with van der Waals surface area (Å²) in [6, 6.07) is 6.72. The van der Waals surface area contributed by atoms with Gasteiger partial charge in [-0.25, -0.2) is 30.0 Å². The summed E-state index contributed by atoms with van der Waals surface area (Å²) in [4.78, 5) is 17.0. The Balaban J connectivity index is 4.42. The molecule has 0 bridgehead atoms. The number of unbranched alkanes of at least 4 members (excludes halogenated alkanes) is 6. The largest absolute Gasteiger partial charge is 0.250 e. The number of hydrogen-bond donors (Lipinski definition) is 0. The lowest BCUT2D eigenvalue weighted by Crippen LogP contribution is -2.26. The third kappa shape index (κ3) is 18.0. The van der Waals surface area contributed by atoms with Gasteiger partial charge in [-0.1, -0.05) is 129 Å². The smallest absolute Gasteiger partial charge is 0.0860 e. The summed E-state index contributed by atoms with van der Waals surface area (Å²) in [5.41, 5.74) is 10.9. The van der Waals surface area contributed by atoms with Gasteiger partial charge in [-0.2, -0.15) is 0 Å². The average molecular weight is 806 g/mol. The van der Waals surface area contributed by atoms with Crippen molar-refractivity contribution in [1.82, 2.24) is 4.98 Å². The molecule has 56 heavy (non-hydrogen) atoms. The van der Waals surface area contributed by atoms with Gasteiger partial charge < -0.3 is 0 Å². The first-order valence-corrected chi connectivity index (χ1v) is 27.0. The van der Waals surface area contributed by atoms with Crippen LogP contribution in [-0.4, -0.2) is 62.4 Å². The van der Waals surface area contributed by atoms with Crippen molar-refractivity contribution >= 4 is 31.5 Å². The topological polar surface area (TPSA) is 37.6 Å². The Hall–Kier alpha value is -2.37. The fourth-order valence-corrected chi connectivity index (χ4v) is 16.5. The molecule has 0 N–H and O–H groups in total. The Morgan fingerprint density at radius 3 is 1.30 bits per heavy atom. The van der Waals surface area contributed by atoms with Crippen LogP contribution in [0.2, 0.25) is 0 Å². The highest BCUT2D eigenvalue weighted by atomic mass is 32.3. The van der Waals surface area contributed by atoms with E-state index in [1.807, 2.05) is 6.08 Å². The summed E-state index contributed by atoms with van der Waals surface area (Å²) in [5, 5.41) is 0. The van der Waals surface area contributed by atoms with Crippen LogP contribution in [0.1, 0.15) is 172 Å². The van der Waals surface area contributed by atoms with Gasteiger partial charge in [-0.05, 0) is 143 Å². The van der Waals surface area contributed by atoms with Gasteiger partial charge in [0.2, 0.25) is 0 Å². The van der Waals surface area contributed by atoms with Gasteiger partial charge in [-0.15, -0.1) is 0 Å². The third-order valence-corrected chi connectivity index (χ3v) is 19.4. The van der Waals surface area contributed by atoms with Crippen LogP contribution in [0.3, 0.4) is 0 Å². The van der Waals surface area contributed by atoms with Gasteiger partial charge in [0.05, 0.1) is 34.2 Å². The van der Waals surface area contributed by atoms with Crippen molar-refractivity contribution < 1.29 is 0 Å². The average Bonchev–Trinajstić information content (AvgIpc) is 3.18. The normalized spacial score (nSPS) is 14.2. The van der Waals surface area contributed by atoms with Gasteiger partial charge >= 0.3 is 0 Å². The number of pyridine rings is 1. The van der Waals surface area contributed by atoms with Crippen LogP contribution in [0.15, 0.2) is 99.3 Å². The zero-order valence-electron chi connectivity index (χ0n) is 38.8. The fourth-order valence-electron chi connectivity index (χ4n) is 7.38. The van der Waals surface area contributed by atoms with Crippen molar-refractivity contribution in [3.05, 3.63) is 101 Å². The molecule has 0 aromatic carbocycles. The van der Waals surface area contributed by atoms with Gasteiger partial charge in [0.15, 0.2) is 0 Å². The van der Waals surface area contributed by atoms with Crippen LogP contribution in [0.4, 0.5) is 0 Å². The van der Waals surface area contributed by atoms with E-state index >= 15 is 0 Å². The Morgan fingerprint density at radius 1 is 0.625 bits per heavy atom. The number of rotatable bonds is 30. The predicted octanol–water partition coefficient (Wildman–Crippen LogP) is 15.9. The zero-order valence-corrected chi connectivity index (χ0v) is 40.4. The SMILES string of the molecule is C=C/C=C(/C)C(N=C(CS(CCCC)(CCCC)CCCC)c1cccc(C(CS(CCCC)(CCCC)CCCC)=N/C(C(=C)C)=C(C)/C=C\C)n1)=C(C)C. The van der Waals surface area contributed by atoms with Crippen LogP contribution in [-0.2, 0) is 0 Å². The Kier molecular flexibility index (Phi) is 26.7. The van der Waals surface area contributed by atoms with Crippen molar-refractivity contribution in [2.45, 2.75) is 160 Å². The van der Waals surface area contributed by atoms with Crippen LogP contribution in [0.5, 0.6) is 0 Å². The Bertz CT molecular complexity index is 1470. The zero-order chi connectivity index (χ0) is 42.0. The van der Waals surface area contributed by atoms with E-state index in [0.717, 1.165) is 62.4 Å². The minimum absolute atomic E-state index is 0.966. The molecule has 0 amide bonds. The molecule has 0 aliphatic carbocycles. The number of nitrogens with zero attached hydrogens (tertiary/aromatic N) is 3. The van der Waals surface area contributed by atoms with E-state index in [1.165, 1.54) is 117 Å². The van der Waals surface area contributed by atoms with Crippen LogP contribution >= 0.6 is 20.1 Å². The first-order valence-electron chi connectivity index (χ1n) is 22.4. The van der Waals surface area contributed by atoms with E-state index in [0.29, 0.717) is 0 Å². The monoisotopic (exact) mass is 806 g/mol. The molecule has 0 atom stereocenters. The summed E-state index contributed by atoms with van der Waals surface area (Å²) in [6.07, 6.45) is 23.4. The van der Waals surface area contributed by atoms with Crippen molar-refractivity contribution in [3.63, 3.8) is 0 Å². The molecule has 0 radical (unpaired) electrons. The molecule has 3 nitrogen and oxygen atoms in total. The third-order valence-electron chi connectivity index (χ3n) is 10.7. The maximum absolute atomic E-state index is 5.69. The van der Waals surface area contributed by atoms with Crippen molar-refractivity contribution in [2.75, 3.05) is 46.0 Å². The molecule has 0 aliphatic heterocycles. The molecule has 0 unspecified atom stereocenters. The summed E-state index contributed by atoms with van der Waals surface area (Å²) >= 11 is 0. The summed E-state index contributed by atoms with van der Waals surface area (Å²) in [6.45, 7) is 35.5. The van der Waals surface area contributed by atoms with E-state index in [2.05, 4.69) is 133 Å². The minimum Gasteiger partial charge on any atom is -0.250 e. The van der Waals surface area contributed by atoms with Gasteiger partial charge in [0.1, 0.15) is 0 Å². The fraction of sp³-hybridized carbons (Fsp3) is 0.627. The number of allylic oxidation sites excluding steroid dienone is 8. The van der Waals surface area contributed by atoms with Crippen LogP contribution < -0.4 is 0 Å². The van der Waals surface area contributed by atoms with E-state index in [9.17, 15) is 0 Å². The number of aromatic nitrogens is 1. The quantitative estimate of drug-likeness (QED) is 0.0564. The van der Waals surface area contributed by atoms with Gasteiger partial charge in [0, 0.05) is 11.5 Å². The molecule has 318 valence electrons. The van der Waals surface area contributed by atoms with Gasteiger partial charge in [0.25, 0.3) is 0 Å². The number of hydrogen-bond acceptors (Lipinski definition) is 3. The second-order valence-electron chi connectivity index (χ2n) is 16.4. The van der Waals surface area contributed by atoms with Crippen LogP contribution in [0.25, 0.3) is 0 Å². The second kappa shape index (κ2) is 28.9. The van der Waals surface area contributed by atoms with E-state index in [-0.39, 0.29) is 0 Å². The first kappa shape index (κ1) is 51.6. The van der Waals surface area contributed by atoms with Crippen molar-refractivity contribution in [1.29, 1.82) is 0 Å². The molecule has 0 fully saturated rings. The van der Waals surface area contributed by atoms with Gasteiger partial charge in [-0.3, -0.25) is 4.99 Å². The molecule has 1 aromatic heterocycles. The number of aliphatic imine (C=N–C) groups is 2. The molecule has 0 aliphatic rings. The molecule has 1 heterocycles. The molecule has 1 aromatic rings. The highest BCUT2D eigenvalue weighted by Gasteiger charge is 2.29. The summed E-state index contributed by atoms with van der Waals surface area (Å²) in [5.74, 6) is 9.91. The van der Waals surface area contributed by atoms with Crippen molar-refractivity contribution in [3.8, 4) is 0 Å².